The standard InChI is InChI=1S/C11H16O2Si/c1-14(12)9-5-8-11(13-14)10-6-3-2-4-7-10/h2-4,6-7,11-12H,5,8-9H2,1H3. The molecule has 2 rings (SSSR count). The summed E-state index contributed by atoms with van der Waals surface area (Å²) in [4.78, 5) is 9.92. The first-order chi connectivity index (χ1) is 6.67. The van der Waals surface area contributed by atoms with Crippen molar-refractivity contribution in [2.45, 2.75) is 31.5 Å². The Morgan fingerprint density at radius 3 is 2.71 bits per heavy atom. The molecule has 3 heteroatoms. The van der Waals surface area contributed by atoms with Crippen LogP contribution >= 0.6 is 0 Å². The van der Waals surface area contributed by atoms with Crippen LogP contribution in [0, 0.1) is 0 Å². The molecule has 1 fully saturated rings. The fraction of sp³-hybridized carbons (Fsp3) is 0.455. The maximum atomic E-state index is 9.92. The average molecular weight is 208 g/mol. The van der Waals surface area contributed by atoms with Gasteiger partial charge in [-0.3, -0.25) is 0 Å². The lowest BCUT2D eigenvalue weighted by molar-refractivity contribution is 0.119. The number of hydrogen-bond acceptors (Lipinski definition) is 2. The molecule has 1 aliphatic rings. The van der Waals surface area contributed by atoms with E-state index in [-0.39, 0.29) is 6.10 Å². The third kappa shape index (κ3) is 2.23. The summed E-state index contributed by atoms with van der Waals surface area (Å²) in [5.41, 5.74) is 1.19. The van der Waals surface area contributed by atoms with Gasteiger partial charge in [-0.15, -0.1) is 0 Å². The normalized spacial score (nSPS) is 32.9. The van der Waals surface area contributed by atoms with Gasteiger partial charge in [0.1, 0.15) is 0 Å². The predicted molar refractivity (Wildman–Crippen MR) is 58.1 cm³/mol. The van der Waals surface area contributed by atoms with Crippen LogP contribution in [0.25, 0.3) is 0 Å². The number of benzene rings is 1. The van der Waals surface area contributed by atoms with Gasteiger partial charge in [0.2, 0.25) is 0 Å². The molecule has 1 aromatic carbocycles. The van der Waals surface area contributed by atoms with Crippen molar-refractivity contribution in [1.82, 2.24) is 0 Å². The topological polar surface area (TPSA) is 29.5 Å². The molecular formula is C11H16O2Si. The highest BCUT2D eigenvalue weighted by molar-refractivity contribution is 6.64. The molecule has 0 saturated carbocycles. The summed E-state index contributed by atoms with van der Waals surface area (Å²) >= 11 is 0. The highest BCUT2D eigenvalue weighted by Gasteiger charge is 2.34. The molecule has 0 spiro atoms. The second-order valence-corrected chi connectivity index (χ2v) is 7.17. The lowest BCUT2D eigenvalue weighted by Crippen LogP contribution is -2.39. The quantitative estimate of drug-likeness (QED) is 0.719. The lowest BCUT2D eigenvalue weighted by atomic mass is 10.1. The van der Waals surface area contributed by atoms with E-state index in [1.165, 1.54) is 5.56 Å². The second kappa shape index (κ2) is 3.85. The molecule has 1 aliphatic heterocycles. The average Bonchev–Trinajstić information content (AvgIpc) is 2.18. The molecule has 0 bridgehead atoms. The predicted octanol–water partition coefficient (Wildman–Crippen LogP) is 2.60. The molecule has 0 aromatic heterocycles. The molecule has 2 nitrogen and oxygen atoms in total. The van der Waals surface area contributed by atoms with Crippen LogP contribution < -0.4 is 0 Å². The van der Waals surface area contributed by atoms with Crippen molar-refractivity contribution in [1.29, 1.82) is 0 Å². The molecule has 2 atom stereocenters. The minimum Gasteiger partial charge on any atom is -0.411 e. The Balaban J connectivity index is 2.12. The van der Waals surface area contributed by atoms with Gasteiger partial charge in [-0.1, -0.05) is 30.3 Å². The minimum atomic E-state index is -2.34. The number of hydrogen-bond donors (Lipinski definition) is 1. The molecule has 0 aliphatic carbocycles. The molecule has 76 valence electrons. The molecule has 1 saturated heterocycles. The second-order valence-electron chi connectivity index (χ2n) is 4.08. The Morgan fingerprint density at radius 2 is 2.07 bits per heavy atom. The van der Waals surface area contributed by atoms with Gasteiger partial charge in [0, 0.05) is 0 Å². The zero-order valence-electron chi connectivity index (χ0n) is 8.44. The van der Waals surface area contributed by atoms with Crippen molar-refractivity contribution in [2.24, 2.45) is 0 Å². The van der Waals surface area contributed by atoms with Crippen LogP contribution in [-0.2, 0) is 4.43 Å². The van der Waals surface area contributed by atoms with Gasteiger partial charge >= 0.3 is 8.56 Å². The molecule has 1 aromatic rings. The lowest BCUT2D eigenvalue weighted by Gasteiger charge is -2.32. The van der Waals surface area contributed by atoms with Gasteiger partial charge in [0.05, 0.1) is 6.10 Å². The van der Waals surface area contributed by atoms with Crippen LogP contribution in [0.1, 0.15) is 24.5 Å². The van der Waals surface area contributed by atoms with E-state index in [2.05, 4.69) is 12.1 Å². The van der Waals surface area contributed by atoms with E-state index in [1.54, 1.807) is 0 Å². The first-order valence-electron chi connectivity index (χ1n) is 5.12. The Bertz CT molecular complexity index is 297. The van der Waals surface area contributed by atoms with Crippen LogP contribution in [0.4, 0.5) is 0 Å². The van der Waals surface area contributed by atoms with Crippen LogP contribution in [-0.4, -0.2) is 13.4 Å². The fourth-order valence-electron chi connectivity index (χ4n) is 1.94. The summed E-state index contributed by atoms with van der Waals surface area (Å²) in [5.74, 6) is 0. The maximum absolute atomic E-state index is 9.92. The third-order valence-corrected chi connectivity index (χ3v) is 4.75. The number of rotatable bonds is 1. The highest BCUT2D eigenvalue weighted by Crippen LogP contribution is 2.33. The molecule has 2 unspecified atom stereocenters. The first kappa shape index (κ1) is 9.89. The van der Waals surface area contributed by atoms with Crippen LogP contribution in [0.5, 0.6) is 0 Å². The maximum Gasteiger partial charge on any atom is 0.332 e. The van der Waals surface area contributed by atoms with Crippen molar-refractivity contribution >= 4 is 8.56 Å². The summed E-state index contributed by atoms with van der Waals surface area (Å²) in [7, 11) is -2.34. The van der Waals surface area contributed by atoms with Crippen molar-refractivity contribution in [3.63, 3.8) is 0 Å². The fourth-order valence-corrected chi connectivity index (χ4v) is 3.79. The zero-order chi connectivity index (χ0) is 10.0. The molecule has 0 radical (unpaired) electrons. The first-order valence-corrected chi connectivity index (χ1v) is 7.69. The zero-order valence-corrected chi connectivity index (χ0v) is 9.44. The van der Waals surface area contributed by atoms with Crippen LogP contribution in [0.15, 0.2) is 30.3 Å². The van der Waals surface area contributed by atoms with E-state index in [0.29, 0.717) is 0 Å². The molecular weight excluding hydrogens is 192 g/mol. The summed E-state index contributed by atoms with van der Waals surface area (Å²) < 4.78 is 5.75. The van der Waals surface area contributed by atoms with Crippen molar-refractivity contribution in [3.05, 3.63) is 35.9 Å². The van der Waals surface area contributed by atoms with E-state index >= 15 is 0 Å². The smallest absolute Gasteiger partial charge is 0.332 e. The van der Waals surface area contributed by atoms with Crippen LogP contribution in [0.2, 0.25) is 12.6 Å². The van der Waals surface area contributed by atoms with E-state index in [0.717, 1.165) is 18.9 Å². The van der Waals surface area contributed by atoms with Gasteiger partial charge in [-0.05, 0) is 31.0 Å². The van der Waals surface area contributed by atoms with Crippen LogP contribution in [0.3, 0.4) is 0 Å². The van der Waals surface area contributed by atoms with Gasteiger partial charge in [-0.25, -0.2) is 0 Å². The Hall–Kier alpha value is -0.643. The SMILES string of the molecule is C[Si]1(O)CCCC(c2ccccc2)O1. The Morgan fingerprint density at radius 1 is 1.36 bits per heavy atom. The Labute approximate surface area is 85.8 Å². The Kier molecular flexibility index (Phi) is 2.72. The molecule has 14 heavy (non-hydrogen) atoms. The van der Waals surface area contributed by atoms with Gasteiger partial charge in [0.15, 0.2) is 0 Å². The van der Waals surface area contributed by atoms with Crippen molar-refractivity contribution in [3.8, 4) is 0 Å². The van der Waals surface area contributed by atoms with E-state index < -0.39 is 8.56 Å². The van der Waals surface area contributed by atoms with E-state index in [9.17, 15) is 4.80 Å². The summed E-state index contributed by atoms with van der Waals surface area (Å²) in [6, 6.07) is 11.0. The largest absolute Gasteiger partial charge is 0.411 e. The van der Waals surface area contributed by atoms with E-state index in [4.69, 9.17) is 4.43 Å². The monoisotopic (exact) mass is 208 g/mol. The minimum absolute atomic E-state index is 0.117. The van der Waals surface area contributed by atoms with Crippen molar-refractivity contribution in [2.75, 3.05) is 0 Å². The highest BCUT2D eigenvalue weighted by atomic mass is 28.4. The molecule has 1 heterocycles. The van der Waals surface area contributed by atoms with E-state index in [1.807, 2.05) is 24.7 Å². The summed E-state index contributed by atoms with van der Waals surface area (Å²) in [5, 5.41) is 0. The van der Waals surface area contributed by atoms with Gasteiger partial charge in [0.25, 0.3) is 0 Å². The molecule has 1 N–H and O–H groups in total. The van der Waals surface area contributed by atoms with Gasteiger partial charge in [-0.2, -0.15) is 0 Å². The summed E-state index contributed by atoms with van der Waals surface area (Å²) in [6.07, 6.45) is 2.23. The van der Waals surface area contributed by atoms with Crippen molar-refractivity contribution < 1.29 is 9.22 Å². The van der Waals surface area contributed by atoms with Gasteiger partial charge < -0.3 is 9.22 Å². The summed E-state index contributed by atoms with van der Waals surface area (Å²) in [6.45, 7) is 1.88. The molecule has 0 amide bonds. The third-order valence-electron chi connectivity index (χ3n) is 2.67.